The van der Waals surface area contributed by atoms with E-state index in [1.807, 2.05) is 64.7 Å². The summed E-state index contributed by atoms with van der Waals surface area (Å²) < 4.78 is 1.93. The number of nitrogens with one attached hydrogen (secondary N) is 1. The molecule has 1 aliphatic heterocycles. The van der Waals surface area contributed by atoms with Gasteiger partial charge in [-0.25, -0.2) is 4.98 Å². The van der Waals surface area contributed by atoms with Crippen LogP contribution in [0.3, 0.4) is 0 Å². The first-order chi connectivity index (χ1) is 15.7. The Labute approximate surface area is 195 Å². The number of aromatic nitrogens is 3. The summed E-state index contributed by atoms with van der Waals surface area (Å²) in [5.41, 5.74) is 3.82. The largest absolute Gasteiger partial charge is 0.363 e. The molecule has 1 amide bonds. The predicted molar refractivity (Wildman–Crippen MR) is 129 cm³/mol. The highest BCUT2D eigenvalue weighted by molar-refractivity contribution is 7.14. The Morgan fingerprint density at radius 2 is 1.97 bits per heavy atom. The van der Waals surface area contributed by atoms with Gasteiger partial charge in [0.1, 0.15) is 5.69 Å². The normalized spacial score (nSPS) is 15.8. The molecule has 1 fully saturated rings. The van der Waals surface area contributed by atoms with Gasteiger partial charge in [-0.15, -0.1) is 11.3 Å². The Balaban J connectivity index is 1.29. The monoisotopic (exact) mass is 463 g/mol. The number of anilines is 2. The molecule has 6 nitrogen and oxygen atoms in total. The van der Waals surface area contributed by atoms with Gasteiger partial charge in [-0.05, 0) is 66.9 Å². The standard InChI is InChI=1S/C24H22ClN5OS/c25-18-5-7-19(8-6-18)30-14-2-3-21(30)20-16-32-24(27-20)28-23(31)22-4-1-13-29(22)15-17-9-11-26-12-10-17/h1,4-13,16,21H,2-3,14-15H2,(H,27,28,31)/t21-/m1/s1. The van der Waals surface area contributed by atoms with Crippen molar-refractivity contribution in [3.63, 3.8) is 0 Å². The van der Waals surface area contributed by atoms with E-state index >= 15 is 0 Å². The second-order valence-electron chi connectivity index (χ2n) is 7.74. The van der Waals surface area contributed by atoms with Gasteiger partial charge in [0.05, 0.1) is 11.7 Å². The van der Waals surface area contributed by atoms with Crippen LogP contribution in [0.15, 0.2) is 72.5 Å². The fourth-order valence-electron chi connectivity index (χ4n) is 4.12. The van der Waals surface area contributed by atoms with Crippen LogP contribution < -0.4 is 10.2 Å². The Hall–Kier alpha value is -3.16. The average molecular weight is 464 g/mol. The molecule has 5 rings (SSSR count). The van der Waals surface area contributed by atoms with Crippen molar-refractivity contribution in [2.75, 3.05) is 16.8 Å². The highest BCUT2D eigenvalue weighted by atomic mass is 35.5. The second-order valence-corrected chi connectivity index (χ2v) is 9.03. The second kappa shape index (κ2) is 9.14. The zero-order chi connectivity index (χ0) is 21.9. The van der Waals surface area contributed by atoms with Crippen molar-refractivity contribution in [2.24, 2.45) is 0 Å². The van der Waals surface area contributed by atoms with Crippen LogP contribution in [0, 0.1) is 0 Å². The number of benzene rings is 1. The number of carbonyl (C=O) groups excluding carboxylic acids is 1. The highest BCUT2D eigenvalue weighted by Gasteiger charge is 2.28. The molecule has 162 valence electrons. The molecule has 1 aliphatic rings. The van der Waals surface area contributed by atoms with Gasteiger partial charge >= 0.3 is 0 Å². The van der Waals surface area contributed by atoms with E-state index in [9.17, 15) is 4.79 Å². The fraction of sp³-hybridized carbons (Fsp3) is 0.208. The van der Waals surface area contributed by atoms with Crippen molar-refractivity contribution >= 4 is 39.7 Å². The number of amides is 1. The molecule has 0 spiro atoms. The first-order valence-corrected chi connectivity index (χ1v) is 11.8. The van der Waals surface area contributed by atoms with Crippen LogP contribution in [-0.4, -0.2) is 27.0 Å². The molecule has 3 aromatic heterocycles. The molecule has 0 unspecified atom stereocenters. The number of carbonyl (C=O) groups is 1. The van der Waals surface area contributed by atoms with Gasteiger partial charge in [0.25, 0.3) is 5.91 Å². The van der Waals surface area contributed by atoms with Crippen LogP contribution in [0.1, 0.15) is 40.6 Å². The van der Waals surface area contributed by atoms with E-state index in [2.05, 4.69) is 15.2 Å². The van der Waals surface area contributed by atoms with Crippen LogP contribution >= 0.6 is 22.9 Å². The van der Waals surface area contributed by atoms with Crippen LogP contribution in [0.2, 0.25) is 5.02 Å². The lowest BCUT2D eigenvalue weighted by Crippen LogP contribution is -2.22. The van der Waals surface area contributed by atoms with Crippen LogP contribution in [0.25, 0.3) is 0 Å². The molecule has 0 saturated carbocycles. The maximum Gasteiger partial charge on any atom is 0.274 e. The van der Waals surface area contributed by atoms with Gasteiger partial charge in [0.15, 0.2) is 5.13 Å². The molecule has 1 N–H and O–H groups in total. The number of halogens is 1. The summed E-state index contributed by atoms with van der Waals surface area (Å²) in [7, 11) is 0. The van der Waals surface area contributed by atoms with Gasteiger partial charge in [-0.1, -0.05) is 11.6 Å². The molecular weight excluding hydrogens is 442 g/mol. The Kier molecular flexibility index (Phi) is 5.92. The zero-order valence-corrected chi connectivity index (χ0v) is 18.9. The molecule has 0 radical (unpaired) electrons. The van der Waals surface area contributed by atoms with Gasteiger partial charge < -0.3 is 9.47 Å². The lowest BCUT2D eigenvalue weighted by Gasteiger charge is -2.25. The van der Waals surface area contributed by atoms with Crippen molar-refractivity contribution in [1.82, 2.24) is 14.5 Å². The number of rotatable bonds is 6. The van der Waals surface area contributed by atoms with Crippen LogP contribution in [0.5, 0.6) is 0 Å². The molecule has 1 atom stereocenters. The summed E-state index contributed by atoms with van der Waals surface area (Å²) in [4.78, 5) is 24.1. The highest BCUT2D eigenvalue weighted by Crippen LogP contribution is 2.37. The number of hydrogen-bond acceptors (Lipinski definition) is 5. The molecule has 0 aliphatic carbocycles. The lowest BCUT2D eigenvalue weighted by molar-refractivity contribution is 0.101. The molecule has 8 heteroatoms. The smallest absolute Gasteiger partial charge is 0.274 e. The SMILES string of the molecule is O=C(Nc1nc([C@H]2CCCN2c2ccc(Cl)cc2)cs1)c1cccn1Cc1ccncc1. The number of thiazole rings is 1. The predicted octanol–water partition coefficient (Wildman–Crippen LogP) is 5.64. The number of pyridine rings is 1. The summed E-state index contributed by atoms with van der Waals surface area (Å²) in [5.74, 6) is -0.161. The lowest BCUT2D eigenvalue weighted by atomic mass is 10.1. The summed E-state index contributed by atoms with van der Waals surface area (Å²) in [6.07, 6.45) is 7.56. The van der Waals surface area contributed by atoms with E-state index in [0.29, 0.717) is 17.4 Å². The van der Waals surface area contributed by atoms with Crippen LogP contribution in [-0.2, 0) is 6.54 Å². The summed E-state index contributed by atoms with van der Waals surface area (Å²) in [6.45, 7) is 1.59. The first kappa shape index (κ1) is 20.7. The van der Waals surface area contributed by atoms with Gasteiger partial charge in [-0.3, -0.25) is 15.1 Å². The molecule has 32 heavy (non-hydrogen) atoms. The third-order valence-electron chi connectivity index (χ3n) is 5.66. The Bertz CT molecular complexity index is 1200. The van der Waals surface area contributed by atoms with Crippen molar-refractivity contribution in [1.29, 1.82) is 0 Å². The minimum Gasteiger partial charge on any atom is -0.363 e. The van der Waals surface area contributed by atoms with E-state index in [0.717, 1.165) is 41.4 Å². The molecule has 1 aromatic carbocycles. The minimum atomic E-state index is -0.161. The summed E-state index contributed by atoms with van der Waals surface area (Å²) in [6, 6.07) is 15.7. The number of nitrogens with zero attached hydrogens (tertiary/aromatic N) is 4. The maximum atomic E-state index is 12.9. The van der Waals surface area contributed by atoms with E-state index in [1.54, 1.807) is 12.4 Å². The Morgan fingerprint density at radius 3 is 2.78 bits per heavy atom. The molecule has 4 heterocycles. The third kappa shape index (κ3) is 4.40. The summed E-state index contributed by atoms with van der Waals surface area (Å²) in [5, 5.41) is 6.37. The third-order valence-corrected chi connectivity index (χ3v) is 6.69. The van der Waals surface area contributed by atoms with E-state index in [1.165, 1.54) is 11.3 Å². The van der Waals surface area contributed by atoms with Crippen molar-refractivity contribution in [3.05, 3.63) is 94.5 Å². The quantitative estimate of drug-likeness (QED) is 0.402. The number of hydrogen-bond donors (Lipinski definition) is 1. The molecular formula is C24H22ClN5OS. The van der Waals surface area contributed by atoms with Gasteiger partial charge in [0, 0.05) is 47.8 Å². The molecule has 0 bridgehead atoms. The van der Waals surface area contributed by atoms with Crippen LogP contribution in [0.4, 0.5) is 10.8 Å². The van der Waals surface area contributed by atoms with Gasteiger partial charge in [0.2, 0.25) is 0 Å². The van der Waals surface area contributed by atoms with Crippen molar-refractivity contribution in [3.8, 4) is 0 Å². The topological polar surface area (TPSA) is 63.1 Å². The minimum absolute atomic E-state index is 0.161. The summed E-state index contributed by atoms with van der Waals surface area (Å²) >= 11 is 7.51. The Morgan fingerprint density at radius 1 is 1.16 bits per heavy atom. The molecule has 1 saturated heterocycles. The first-order valence-electron chi connectivity index (χ1n) is 10.5. The van der Waals surface area contributed by atoms with Crippen molar-refractivity contribution in [2.45, 2.75) is 25.4 Å². The fourth-order valence-corrected chi connectivity index (χ4v) is 4.99. The maximum absolute atomic E-state index is 12.9. The van der Waals surface area contributed by atoms with E-state index < -0.39 is 0 Å². The van der Waals surface area contributed by atoms with E-state index in [4.69, 9.17) is 16.6 Å². The average Bonchev–Trinajstić information content (AvgIpc) is 3.55. The zero-order valence-electron chi connectivity index (χ0n) is 17.3. The van der Waals surface area contributed by atoms with Gasteiger partial charge in [-0.2, -0.15) is 0 Å². The van der Waals surface area contributed by atoms with Crippen molar-refractivity contribution < 1.29 is 4.79 Å². The molecule has 4 aromatic rings. The van der Waals surface area contributed by atoms with E-state index in [-0.39, 0.29) is 11.9 Å².